The summed E-state index contributed by atoms with van der Waals surface area (Å²) in [6.45, 7) is 1.34. The summed E-state index contributed by atoms with van der Waals surface area (Å²) in [5.41, 5.74) is 2.12. The van der Waals surface area contributed by atoms with Gasteiger partial charge in [-0.05, 0) is 55.3 Å². The first-order valence-electron chi connectivity index (χ1n) is 12.1. The Bertz CT molecular complexity index is 1570. The van der Waals surface area contributed by atoms with Crippen LogP contribution in [0, 0.1) is 0 Å². The molecular formula is C27H27N5O5S. The van der Waals surface area contributed by atoms with E-state index < -0.39 is 15.9 Å². The Morgan fingerprint density at radius 3 is 2.50 bits per heavy atom. The number of hydrogen-bond donors (Lipinski definition) is 1. The van der Waals surface area contributed by atoms with Crippen LogP contribution in [-0.2, 0) is 14.8 Å². The maximum absolute atomic E-state index is 13.3. The zero-order valence-corrected chi connectivity index (χ0v) is 21.8. The fourth-order valence-corrected chi connectivity index (χ4v) is 5.59. The molecule has 38 heavy (non-hydrogen) atoms. The van der Waals surface area contributed by atoms with Gasteiger partial charge in [-0.25, -0.2) is 14.7 Å². The summed E-state index contributed by atoms with van der Waals surface area (Å²) < 4.78 is 39.3. The lowest BCUT2D eigenvalue weighted by molar-refractivity contribution is 0.0817. The van der Waals surface area contributed by atoms with E-state index >= 15 is 0 Å². The Hall–Kier alpha value is -4.09. The lowest BCUT2D eigenvalue weighted by Gasteiger charge is -2.32. The van der Waals surface area contributed by atoms with E-state index in [0.717, 1.165) is 29.5 Å². The number of hydrogen-bond acceptors (Lipinski definition) is 9. The number of pyridine rings is 3. The molecule has 1 N–H and O–H groups in total. The number of nitrogens with one attached hydrogen (secondary N) is 1. The molecule has 0 aliphatic carbocycles. The molecule has 4 heterocycles. The SMILES string of the molecule is COc1ccc(N2CCC(OC)CC2)nc1S(=O)(=O)NC(=O)c1ccc2c(-c3ccccn3)cccc2n1. The first-order valence-corrected chi connectivity index (χ1v) is 13.6. The first kappa shape index (κ1) is 25.6. The minimum Gasteiger partial charge on any atom is -0.494 e. The molecule has 0 radical (unpaired) electrons. The van der Waals surface area contributed by atoms with E-state index in [1.807, 2.05) is 35.2 Å². The molecule has 0 unspecified atom stereocenters. The quantitative estimate of drug-likeness (QED) is 0.380. The lowest BCUT2D eigenvalue weighted by Crippen LogP contribution is -2.37. The largest absolute Gasteiger partial charge is 0.494 e. The Balaban J connectivity index is 1.41. The van der Waals surface area contributed by atoms with Crippen molar-refractivity contribution < 1.29 is 22.7 Å². The Kier molecular flexibility index (Phi) is 7.21. The highest BCUT2D eigenvalue weighted by atomic mass is 32.2. The van der Waals surface area contributed by atoms with Crippen molar-refractivity contribution in [1.29, 1.82) is 0 Å². The van der Waals surface area contributed by atoms with Crippen LogP contribution in [-0.4, -0.2) is 62.7 Å². The molecule has 4 aromatic rings. The smallest absolute Gasteiger partial charge is 0.285 e. The Morgan fingerprint density at radius 1 is 0.974 bits per heavy atom. The number of nitrogens with zero attached hydrogens (tertiary/aromatic N) is 4. The molecule has 1 fully saturated rings. The lowest BCUT2D eigenvalue weighted by atomic mass is 10.0. The molecule has 1 saturated heterocycles. The number of aromatic nitrogens is 3. The second-order valence-electron chi connectivity index (χ2n) is 8.82. The van der Waals surface area contributed by atoms with Crippen LogP contribution in [0.25, 0.3) is 22.2 Å². The zero-order valence-electron chi connectivity index (χ0n) is 21.0. The van der Waals surface area contributed by atoms with Gasteiger partial charge in [0.1, 0.15) is 11.5 Å². The predicted molar refractivity (Wildman–Crippen MR) is 143 cm³/mol. The number of benzene rings is 1. The molecule has 1 amide bonds. The third-order valence-corrected chi connectivity index (χ3v) is 7.77. The van der Waals surface area contributed by atoms with Crippen LogP contribution >= 0.6 is 0 Å². The van der Waals surface area contributed by atoms with E-state index in [0.29, 0.717) is 24.4 Å². The maximum Gasteiger partial charge on any atom is 0.285 e. The fourth-order valence-electron chi connectivity index (χ4n) is 4.51. The second-order valence-corrected chi connectivity index (χ2v) is 10.4. The highest BCUT2D eigenvalue weighted by Crippen LogP contribution is 2.28. The van der Waals surface area contributed by atoms with E-state index in [1.54, 1.807) is 31.5 Å². The van der Waals surface area contributed by atoms with Gasteiger partial charge in [0.2, 0.25) is 5.03 Å². The monoisotopic (exact) mass is 533 g/mol. The van der Waals surface area contributed by atoms with E-state index in [1.165, 1.54) is 19.2 Å². The van der Waals surface area contributed by atoms with Crippen LogP contribution in [0.4, 0.5) is 5.82 Å². The van der Waals surface area contributed by atoms with Crippen LogP contribution < -0.4 is 14.4 Å². The van der Waals surface area contributed by atoms with Gasteiger partial charge >= 0.3 is 0 Å². The molecule has 0 spiro atoms. The normalized spacial score (nSPS) is 14.4. The van der Waals surface area contributed by atoms with Gasteiger partial charge in [-0.15, -0.1) is 0 Å². The Morgan fingerprint density at radius 2 is 1.79 bits per heavy atom. The van der Waals surface area contributed by atoms with Crippen LogP contribution in [0.15, 0.2) is 71.9 Å². The highest BCUT2D eigenvalue weighted by Gasteiger charge is 2.28. The van der Waals surface area contributed by atoms with Crippen molar-refractivity contribution in [2.24, 2.45) is 0 Å². The average Bonchev–Trinajstić information content (AvgIpc) is 2.96. The number of carbonyl (C=O) groups excluding carboxylic acids is 1. The number of amides is 1. The first-order chi connectivity index (χ1) is 18.4. The highest BCUT2D eigenvalue weighted by molar-refractivity contribution is 7.90. The standard InChI is InChI=1S/C27H27N5O5S/c1-36-18-13-16-32(17-14-18)25-12-11-24(37-2)27(30-25)38(34,35)31-26(33)23-10-9-20-19(6-5-8-22(20)29-23)21-7-3-4-15-28-21/h3-12,15,18H,13-14,16-17H2,1-2H3,(H,31,33). The van der Waals surface area contributed by atoms with Crippen LogP contribution in [0.2, 0.25) is 0 Å². The van der Waals surface area contributed by atoms with E-state index in [4.69, 9.17) is 9.47 Å². The molecule has 0 saturated carbocycles. The average molecular weight is 534 g/mol. The molecule has 3 aromatic heterocycles. The molecule has 1 aromatic carbocycles. The van der Waals surface area contributed by atoms with Gasteiger partial charge in [0.25, 0.3) is 15.9 Å². The zero-order chi connectivity index (χ0) is 26.7. The van der Waals surface area contributed by atoms with Gasteiger partial charge in [0, 0.05) is 37.3 Å². The summed E-state index contributed by atoms with van der Waals surface area (Å²) >= 11 is 0. The van der Waals surface area contributed by atoms with Crippen LogP contribution in [0.3, 0.4) is 0 Å². The summed E-state index contributed by atoms with van der Waals surface area (Å²) in [7, 11) is -1.33. The van der Waals surface area contributed by atoms with Gasteiger partial charge in [0.05, 0.1) is 24.4 Å². The van der Waals surface area contributed by atoms with Gasteiger partial charge < -0.3 is 14.4 Å². The van der Waals surface area contributed by atoms with Crippen molar-refractivity contribution in [3.8, 4) is 17.0 Å². The summed E-state index contributed by atoms with van der Waals surface area (Å²) in [5, 5.41) is 0.428. The molecule has 10 nitrogen and oxygen atoms in total. The molecule has 1 aliphatic heterocycles. The summed E-state index contributed by atoms with van der Waals surface area (Å²) in [4.78, 5) is 28.2. The van der Waals surface area contributed by atoms with Crippen molar-refractivity contribution in [3.63, 3.8) is 0 Å². The van der Waals surface area contributed by atoms with E-state index in [2.05, 4.69) is 19.7 Å². The van der Waals surface area contributed by atoms with Crippen LogP contribution in [0.1, 0.15) is 23.3 Å². The molecule has 1 aliphatic rings. The minimum atomic E-state index is -4.37. The molecule has 0 bridgehead atoms. The van der Waals surface area contributed by atoms with Crippen molar-refractivity contribution in [2.45, 2.75) is 24.0 Å². The number of sulfonamides is 1. The van der Waals surface area contributed by atoms with Crippen molar-refractivity contribution >= 4 is 32.7 Å². The number of rotatable bonds is 7. The molecular weight excluding hydrogens is 506 g/mol. The van der Waals surface area contributed by atoms with E-state index in [-0.39, 0.29) is 22.6 Å². The topological polar surface area (TPSA) is 124 Å². The number of piperidine rings is 1. The molecule has 0 atom stereocenters. The van der Waals surface area contributed by atoms with Crippen molar-refractivity contribution in [1.82, 2.24) is 19.7 Å². The van der Waals surface area contributed by atoms with Crippen molar-refractivity contribution in [2.75, 3.05) is 32.2 Å². The number of ether oxygens (including phenoxy) is 2. The third kappa shape index (κ3) is 5.15. The van der Waals surface area contributed by atoms with Gasteiger partial charge in [-0.1, -0.05) is 18.2 Å². The molecule has 5 rings (SSSR count). The number of anilines is 1. The van der Waals surface area contributed by atoms with Crippen LogP contribution in [0.5, 0.6) is 5.75 Å². The summed E-state index contributed by atoms with van der Waals surface area (Å²) in [6.07, 6.45) is 3.48. The third-order valence-electron chi connectivity index (χ3n) is 6.52. The number of methoxy groups -OCH3 is 2. The van der Waals surface area contributed by atoms with Gasteiger partial charge in [-0.2, -0.15) is 8.42 Å². The fraction of sp³-hybridized carbons (Fsp3) is 0.259. The molecule has 11 heteroatoms. The number of carbonyl (C=O) groups is 1. The maximum atomic E-state index is 13.3. The Labute approximate surface area is 220 Å². The second kappa shape index (κ2) is 10.7. The minimum absolute atomic E-state index is 0.0345. The van der Waals surface area contributed by atoms with E-state index in [9.17, 15) is 13.2 Å². The van der Waals surface area contributed by atoms with Crippen molar-refractivity contribution in [3.05, 3.63) is 72.6 Å². The molecule has 196 valence electrons. The summed E-state index contributed by atoms with van der Waals surface area (Å²) in [6, 6.07) is 17.6. The van der Waals surface area contributed by atoms with Gasteiger partial charge in [-0.3, -0.25) is 9.78 Å². The van der Waals surface area contributed by atoms with Gasteiger partial charge in [0.15, 0.2) is 5.75 Å². The summed E-state index contributed by atoms with van der Waals surface area (Å²) in [5.74, 6) is -0.350. The number of fused-ring (bicyclic) bond motifs is 1. The predicted octanol–water partition coefficient (Wildman–Crippen LogP) is 3.43.